The van der Waals surface area contributed by atoms with E-state index in [4.69, 9.17) is 4.42 Å². The zero-order valence-electron chi connectivity index (χ0n) is 13.2. The third kappa shape index (κ3) is 3.56. The Kier molecular flexibility index (Phi) is 4.67. The summed E-state index contributed by atoms with van der Waals surface area (Å²) in [5, 5.41) is 0.866. The van der Waals surface area contributed by atoms with Crippen LogP contribution in [0, 0.1) is 13.8 Å². The van der Waals surface area contributed by atoms with Gasteiger partial charge in [-0.2, -0.15) is 0 Å². The highest BCUT2D eigenvalue weighted by Gasteiger charge is 2.16. The van der Waals surface area contributed by atoms with Crippen LogP contribution in [0.2, 0.25) is 0 Å². The van der Waals surface area contributed by atoms with Crippen molar-refractivity contribution >= 4 is 17.5 Å². The van der Waals surface area contributed by atoms with Gasteiger partial charge in [-0.25, -0.2) is 4.98 Å². The molecule has 0 saturated heterocycles. The minimum Gasteiger partial charge on any atom is -0.467 e. The van der Waals surface area contributed by atoms with Gasteiger partial charge in [-0.15, -0.1) is 0 Å². The van der Waals surface area contributed by atoms with E-state index in [-0.39, 0.29) is 5.78 Å². The Morgan fingerprint density at radius 1 is 1.26 bits per heavy atom. The predicted molar refractivity (Wildman–Crippen MR) is 91.0 cm³/mol. The minimum absolute atomic E-state index is 0.124. The number of nitrogens with zero attached hydrogens (tertiary/aromatic N) is 2. The van der Waals surface area contributed by atoms with Gasteiger partial charge < -0.3 is 8.98 Å². The molecule has 0 fully saturated rings. The first-order chi connectivity index (χ1) is 11.1. The number of ketones is 1. The van der Waals surface area contributed by atoms with Crippen molar-refractivity contribution in [3.63, 3.8) is 0 Å². The van der Waals surface area contributed by atoms with Gasteiger partial charge in [0.2, 0.25) is 0 Å². The lowest BCUT2D eigenvalue weighted by atomic mass is 10.2. The fourth-order valence-corrected chi connectivity index (χ4v) is 3.28. The van der Waals surface area contributed by atoms with E-state index in [1.807, 2.05) is 50.2 Å². The molecule has 3 aromatic heterocycles. The van der Waals surface area contributed by atoms with Crippen LogP contribution in [0.15, 0.2) is 58.3 Å². The zero-order valence-corrected chi connectivity index (χ0v) is 14.0. The number of thioether (sulfide) groups is 1. The Labute approximate surface area is 139 Å². The zero-order chi connectivity index (χ0) is 16.2. The van der Waals surface area contributed by atoms with Crippen LogP contribution in [0.1, 0.15) is 27.5 Å². The Balaban J connectivity index is 1.73. The van der Waals surface area contributed by atoms with Crippen molar-refractivity contribution in [1.82, 2.24) is 9.55 Å². The molecule has 23 heavy (non-hydrogen) atoms. The Hall–Kier alpha value is -2.27. The summed E-state index contributed by atoms with van der Waals surface area (Å²) in [6.07, 6.45) is 3.40. The summed E-state index contributed by atoms with van der Waals surface area (Å²) in [6.45, 7) is 4.64. The summed E-state index contributed by atoms with van der Waals surface area (Å²) in [6, 6.07) is 11.5. The number of hydrogen-bond donors (Lipinski definition) is 0. The average Bonchev–Trinajstić information content (AvgIpc) is 3.17. The number of furan rings is 1. The van der Waals surface area contributed by atoms with E-state index >= 15 is 0 Å². The van der Waals surface area contributed by atoms with Gasteiger partial charge in [0.1, 0.15) is 5.76 Å². The molecular weight excluding hydrogens is 308 g/mol. The van der Waals surface area contributed by atoms with Crippen LogP contribution in [-0.2, 0) is 6.54 Å². The molecule has 0 N–H and O–H groups in total. The van der Waals surface area contributed by atoms with Gasteiger partial charge in [0.05, 0.1) is 23.6 Å². The second-order valence-corrected chi connectivity index (χ2v) is 6.33. The van der Waals surface area contributed by atoms with Crippen molar-refractivity contribution in [2.75, 3.05) is 5.75 Å². The predicted octanol–water partition coefficient (Wildman–Crippen LogP) is 4.12. The highest BCUT2D eigenvalue weighted by molar-refractivity contribution is 7.99. The number of Topliss-reactive ketones (excluding diaryl/α,β-unsaturated/α-hetero) is 1. The monoisotopic (exact) mass is 326 g/mol. The fourth-order valence-electron chi connectivity index (χ4n) is 2.53. The van der Waals surface area contributed by atoms with Crippen molar-refractivity contribution in [1.29, 1.82) is 0 Å². The van der Waals surface area contributed by atoms with Gasteiger partial charge in [0.25, 0.3) is 0 Å². The number of carbonyl (C=O) groups excluding carboxylic acids is 1. The van der Waals surface area contributed by atoms with E-state index in [2.05, 4.69) is 9.55 Å². The van der Waals surface area contributed by atoms with Crippen LogP contribution < -0.4 is 0 Å². The molecule has 0 amide bonds. The third-order valence-electron chi connectivity index (χ3n) is 3.76. The van der Waals surface area contributed by atoms with Crippen LogP contribution in [-0.4, -0.2) is 21.1 Å². The first-order valence-electron chi connectivity index (χ1n) is 7.41. The summed E-state index contributed by atoms with van der Waals surface area (Å²) < 4.78 is 7.51. The van der Waals surface area contributed by atoms with Gasteiger partial charge in [0, 0.05) is 23.1 Å². The quantitative estimate of drug-likeness (QED) is 0.505. The number of pyridine rings is 1. The van der Waals surface area contributed by atoms with Gasteiger partial charge in [-0.3, -0.25) is 4.79 Å². The van der Waals surface area contributed by atoms with Crippen molar-refractivity contribution in [3.05, 3.63) is 71.6 Å². The molecule has 0 radical (unpaired) electrons. The standard InChI is InChI=1S/C18H18N2O2S/c1-13-10-16(14(2)20(13)11-15-6-5-9-22-15)17(21)12-23-18-7-3-4-8-19-18/h3-10H,11-12H2,1-2H3. The molecule has 0 aliphatic heterocycles. The lowest BCUT2D eigenvalue weighted by Gasteiger charge is -2.07. The molecule has 118 valence electrons. The van der Waals surface area contributed by atoms with E-state index in [0.29, 0.717) is 12.3 Å². The van der Waals surface area contributed by atoms with Crippen LogP contribution in [0.4, 0.5) is 0 Å². The van der Waals surface area contributed by atoms with Crippen molar-refractivity contribution < 1.29 is 9.21 Å². The molecule has 3 rings (SSSR count). The summed E-state index contributed by atoms with van der Waals surface area (Å²) in [5.74, 6) is 1.40. The lowest BCUT2D eigenvalue weighted by Crippen LogP contribution is -2.07. The molecule has 0 aromatic carbocycles. The van der Waals surface area contributed by atoms with Gasteiger partial charge in [-0.1, -0.05) is 17.8 Å². The maximum atomic E-state index is 12.5. The molecule has 0 aliphatic rings. The number of hydrogen-bond acceptors (Lipinski definition) is 4. The topological polar surface area (TPSA) is 48.0 Å². The second kappa shape index (κ2) is 6.87. The Morgan fingerprint density at radius 2 is 2.13 bits per heavy atom. The Morgan fingerprint density at radius 3 is 2.83 bits per heavy atom. The molecule has 0 atom stereocenters. The molecular formula is C18H18N2O2S. The number of rotatable bonds is 6. The Bertz CT molecular complexity index is 792. The van der Waals surface area contributed by atoms with Gasteiger partial charge in [-0.05, 0) is 44.2 Å². The number of carbonyl (C=O) groups is 1. The first-order valence-corrected chi connectivity index (χ1v) is 8.40. The van der Waals surface area contributed by atoms with E-state index in [9.17, 15) is 4.79 Å². The van der Waals surface area contributed by atoms with Gasteiger partial charge >= 0.3 is 0 Å². The molecule has 0 bridgehead atoms. The van der Waals surface area contributed by atoms with Crippen LogP contribution in [0.5, 0.6) is 0 Å². The van der Waals surface area contributed by atoms with Crippen molar-refractivity contribution in [2.45, 2.75) is 25.4 Å². The van der Waals surface area contributed by atoms with Crippen molar-refractivity contribution in [3.8, 4) is 0 Å². The largest absolute Gasteiger partial charge is 0.467 e. The molecule has 4 nitrogen and oxygen atoms in total. The SMILES string of the molecule is Cc1cc(C(=O)CSc2ccccn2)c(C)n1Cc1ccco1. The third-order valence-corrected chi connectivity index (χ3v) is 4.70. The maximum absolute atomic E-state index is 12.5. The minimum atomic E-state index is 0.124. The first kappa shape index (κ1) is 15.6. The van der Waals surface area contributed by atoms with Gasteiger partial charge in [0.15, 0.2) is 5.78 Å². The molecule has 0 spiro atoms. The normalized spacial score (nSPS) is 10.9. The van der Waals surface area contributed by atoms with E-state index < -0.39 is 0 Å². The molecule has 0 saturated carbocycles. The summed E-state index contributed by atoms with van der Waals surface area (Å²) in [5.41, 5.74) is 2.81. The number of aromatic nitrogens is 2. The molecule has 5 heteroatoms. The van der Waals surface area contributed by atoms with E-state index in [0.717, 1.165) is 27.7 Å². The summed E-state index contributed by atoms with van der Waals surface area (Å²) in [7, 11) is 0. The smallest absolute Gasteiger partial charge is 0.174 e. The van der Waals surface area contributed by atoms with Crippen LogP contribution in [0.3, 0.4) is 0 Å². The fraction of sp³-hybridized carbons (Fsp3) is 0.222. The molecule has 0 aliphatic carbocycles. The average molecular weight is 326 g/mol. The van der Waals surface area contributed by atoms with Crippen molar-refractivity contribution in [2.24, 2.45) is 0 Å². The highest BCUT2D eigenvalue weighted by atomic mass is 32.2. The van der Waals surface area contributed by atoms with E-state index in [1.54, 1.807) is 12.5 Å². The van der Waals surface area contributed by atoms with Crippen LogP contribution >= 0.6 is 11.8 Å². The summed E-state index contributed by atoms with van der Waals surface area (Å²) in [4.78, 5) is 16.8. The van der Waals surface area contributed by atoms with E-state index in [1.165, 1.54) is 11.8 Å². The maximum Gasteiger partial charge on any atom is 0.174 e. The molecule has 0 unspecified atom stereocenters. The number of aryl methyl sites for hydroxylation is 1. The van der Waals surface area contributed by atoms with Crippen LogP contribution in [0.25, 0.3) is 0 Å². The summed E-state index contributed by atoms with van der Waals surface area (Å²) >= 11 is 1.46. The lowest BCUT2D eigenvalue weighted by molar-refractivity contribution is 0.102. The molecule has 3 heterocycles. The second-order valence-electron chi connectivity index (χ2n) is 5.33. The highest BCUT2D eigenvalue weighted by Crippen LogP contribution is 2.21. The molecule has 3 aromatic rings.